The minimum Gasteiger partial charge on any atom is -0.462 e. The Morgan fingerprint density at radius 1 is 1.64 bits per heavy atom. The van der Waals surface area contributed by atoms with Gasteiger partial charge in [-0.25, -0.2) is 9.18 Å². The van der Waals surface area contributed by atoms with E-state index < -0.39 is 11.8 Å². The summed E-state index contributed by atoms with van der Waals surface area (Å²) >= 11 is 5.48. The number of carbonyl (C=O) groups is 1. The lowest BCUT2D eigenvalue weighted by Gasteiger charge is -2.04. The van der Waals surface area contributed by atoms with E-state index in [9.17, 15) is 9.18 Å². The molecule has 0 aromatic heterocycles. The highest BCUT2D eigenvalue weighted by molar-refractivity contribution is 6.33. The molecule has 0 saturated heterocycles. The van der Waals surface area contributed by atoms with Crippen molar-refractivity contribution in [3.8, 4) is 0 Å². The summed E-state index contributed by atoms with van der Waals surface area (Å²) < 4.78 is 17.7. The van der Waals surface area contributed by atoms with Crippen LogP contribution >= 0.6 is 11.6 Å². The minimum absolute atomic E-state index is 0.0229. The summed E-state index contributed by atoms with van der Waals surface area (Å²) in [5.41, 5.74) is 5.46. The van der Waals surface area contributed by atoms with Crippen LogP contribution in [-0.4, -0.2) is 12.6 Å². The molecule has 0 amide bonds. The van der Waals surface area contributed by atoms with Crippen molar-refractivity contribution in [2.24, 2.45) is 0 Å². The number of hydrogen-bond acceptors (Lipinski definition) is 3. The summed E-state index contributed by atoms with van der Waals surface area (Å²) in [6.45, 7) is 1.89. The Morgan fingerprint density at radius 2 is 2.29 bits per heavy atom. The molecule has 0 atom stereocenters. The Kier molecular flexibility index (Phi) is 3.30. The number of nitrogens with two attached hydrogens (primary N) is 1. The van der Waals surface area contributed by atoms with Gasteiger partial charge in [-0.3, -0.25) is 0 Å². The number of nitrogen functional groups attached to an aromatic ring is 1. The van der Waals surface area contributed by atoms with Gasteiger partial charge in [0, 0.05) is 0 Å². The number of benzene rings is 1. The molecule has 0 heterocycles. The summed E-state index contributed by atoms with van der Waals surface area (Å²) in [6, 6.07) is 2.28. The topological polar surface area (TPSA) is 52.3 Å². The number of halogens is 2. The minimum atomic E-state index is -0.727. The van der Waals surface area contributed by atoms with Gasteiger partial charge in [-0.05, 0) is 19.1 Å². The molecule has 0 saturated carbocycles. The predicted octanol–water partition coefficient (Wildman–Crippen LogP) is 2.24. The van der Waals surface area contributed by atoms with Crippen molar-refractivity contribution in [2.45, 2.75) is 6.92 Å². The fourth-order valence-corrected chi connectivity index (χ4v) is 1.05. The molecule has 1 rings (SSSR count). The second-order valence-electron chi connectivity index (χ2n) is 2.58. The van der Waals surface area contributed by atoms with Crippen LogP contribution in [0.5, 0.6) is 0 Å². The van der Waals surface area contributed by atoms with Gasteiger partial charge in [0.15, 0.2) is 0 Å². The first-order valence-corrected chi connectivity index (χ1v) is 4.35. The average molecular weight is 218 g/mol. The summed E-state index contributed by atoms with van der Waals surface area (Å²) in [6.07, 6.45) is 0. The zero-order valence-corrected chi connectivity index (χ0v) is 8.27. The van der Waals surface area contributed by atoms with Gasteiger partial charge in [-0.15, -0.1) is 0 Å². The molecule has 14 heavy (non-hydrogen) atoms. The quantitative estimate of drug-likeness (QED) is 0.611. The first kappa shape index (κ1) is 10.8. The van der Waals surface area contributed by atoms with E-state index in [2.05, 4.69) is 4.74 Å². The van der Waals surface area contributed by atoms with Gasteiger partial charge in [0.05, 0.1) is 22.9 Å². The fraction of sp³-hybridized carbons (Fsp3) is 0.222. The summed E-state index contributed by atoms with van der Waals surface area (Å²) in [4.78, 5) is 11.2. The van der Waals surface area contributed by atoms with Crippen molar-refractivity contribution in [3.05, 3.63) is 28.5 Å². The van der Waals surface area contributed by atoms with Crippen LogP contribution in [0.4, 0.5) is 10.1 Å². The third-order valence-electron chi connectivity index (χ3n) is 1.57. The number of esters is 1. The third-order valence-corrected chi connectivity index (χ3v) is 1.97. The van der Waals surface area contributed by atoms with Gasteiger partial charge < -0.3 is 10.5 Å². The van der Waals surface area contributed by atoms with Gasteiger partial charge in [-0.2, -0.15) is 0 Å². The molecule has 0 fully saturated rings. The molecule has 0 radical (unpaired) electrons. The number of ether oxygens (including phenoxy) is 1. The molecule has 76 valence electrons. The largest absolute Gasteiger partial charge is 0.462 e. The standard InChI is InChI=1S/C9H9ClFNO2/c1-2-14-9(13)5-3-6(11)8(10)7(12)4-5/h3-4H,2,12H2,1H3. The van der Waals surface area contributed by atoms with Crippen LogP contribution in [0.15, 0.2) is 12.1 Å². The van der Waals surface area contributed by atoms with E-state index in [1.807, 2.05) is 0 Å². The lowest BCUT2D eigenvalue weighted by Crippen LogP contribution is -2.06. The van der Waals surface area contributed by atoms with Gasteiger partial charge in [0.25, 0.3) is 0 Å². The van der Waals surface area contributed by atoms with Gasteiger partial charge in [0.2, 0.25) is 0 Å². The normalized spacial score (nSPS) is 9.93. The Morgan fingerprint density at radius 3 is 2.79 bits per heavy atom. The highest BCUT2D eigenvalue weighted by atomic mass is 35.5. The molecule has 1 aromatic carbocycles. The number of anilines is 1. The van der Waals surface area contributed by atoms with Crippen molar-refractivity contribution >= 4 is 23.3 Å². The molecule has 3 nitrogen and oxygen atoms in total. The highest BCUT2D eigenvalue weighted by Crippen LogP contribution is 2.24. The van der Waals surface area contributed by atoms with Crippen molar-refractivity contribution in [1.82, 2.24) is 0 Å². The van der Waals surface area contributed by atoms with E-state index in [0.717, 1.165) is 6.07 Å². The Bertz CT molecular complexity index is 345. The van der Waals surface area contributed by atoms with E-state index in [4.69, 9.17) is 17.3 Å². The van der Waals surface area contributed by atoms with Crippen LogP contribution in [0.3, 0.4) is 0 Å². The maximum atomic E-state index is 13.0. The monoisotopic (exact) mass is 217 g/mol. The first-order valence-electron chi connectivity index (χ1n) is 3.98. The summed E-state index contributed by atoms with van der Waals surface area (Å²) in [7, 11) is 0. The van der Waals surface area contributed by atoms with E-state index in [-0.39, 0.29) is 22.9 Å². The molecule has 2 N–H and O–H groups in total. The molecular weight excluding hydrogens is 209 g/mol. The average Bonchev–Trinajstić information content (AvgIpc) is 2.13. The summed E-state index contributed by atoms with van der Waals surface area (Å²) in [5.74, 6) is -1.34. The number of carbonyl (C=O) groups excluding carboxylic acids is 1. The SMILES string of the molecule is CCOC(=O)c1cc(N)c(Cl)c(F)c1. The third kappa shape index (κ3) is 2.14. The summed E-state index contributed by atoms with van der Waals surface area (Å²) in [5, 5.41) is -0.182. The molecule has 5 heteroatoms. The maximum absolute atomic E-state index is 13.0. The molecule has 0 spiro atoms. The Labute approximate surface area is 85.6 Å². The first-order chi connectivity index (χ1) is 6.56. The van der Waals surface area contributed by atoms with Crippen LogP contribution in [-0.2, 0) is 4.74 Å². The van der Waals surface area contributed by atoms with E-state index in [0.29, 0.717) is 0 Å². The van der Waals surface area contributed by atoms with Crippen LogP contribution in [0.2, 0.25) is 5.02 Å². The molecule has 0 aliphatic heterocycles. The van der Waals surface area contributed by atoms with Crippen LogP contribution in [0, 0.1) is 5.82 Å². The van der Waals surface area contributed by atoms with Gasteiger partial charge >= 0.3 is 5.97 Å². The predicted molar refractivity (Wildman–Crippen MR) is 51.8 cm³/mol. The zero-order valence-electron chi connectivity index (χ0n) is 7.51. The molecule has 0 bridgehead atoms. The van der Waals surface area contributed by atoms with E-state index in [1.165, 1.54) is 6.07 Å². The van der Waals surface area contributed by atoms with E-state index >= 15 is 0 Å². The molecule has 0 aliphatic carbocycles. The Balaban J connectivity index is 3.06. The van der Waals surface area contributed by atoms with Crippen molar-refractivity contribution in [1.29, 1.82) is 0 Å². The van der Waals surface area contributed by atoms with Crippen molar-refractivity contribution in [3.63, 3.8) is 0 Å². The molecule has 0 aliphatic rings. The van der Waals surface area contributed by atoms with Crippen molar-refractivity contribution in [2.75, 3.05) is 12.3 Å². The fourth-order valence-electron chi connectivity index (χ4n) is 0.943. The smallest absolute Gasteiger partial charge is 0.338 e. The maximum Gasteiger partial charge on any atom is 0.338 e. The highest BCUT2D eigenvalue weighted by Gasteiger charge is 2.12. The number of hydrogen-bond donors (Lipinski definition) is 1. The second kappa shape index (κ2) is 4.28. The molecule has 1 aromatic rings. The van der Waals surface area contributed by atoms with Gasteiger partial charge in [-0.1, -0.05) is 11.6 Å². The molecular formula is C9H9ClFNO2. The van der Waals surface area contributed by atoms with Gasteiger partial charge in [0.1, 0.15) is 5.82 Å². The van der Waals surface area contributed by atoms with Crippen LogP contribution < -0.4 is 5.73 Å². The Hall–Kier alpha value is -1.29. The van der Waals surface area contributed by atoms with E-state index in [1.54, 1.807) is 6.92 Å². The van der Waals surface area contributed by atoms with Crippen LogP contribution in [0.1, 0.15) is 17.3 Å². The van der Waals surface area contributed by atoms with Crippen LogP contribution in [0.25, 0.3) is 0 Å². The zero-order chi connectivity index (χ0) is 10.7. The lowest BCUT2D eigenvalue weighted by atomic mass is 10.2. The van der Waals surface area contributed by atoms with Crippen molar-refractivity contribution < 1.29 is 13.9 Å². The second-order valence-corrected chi connectivity index (χ2v) is 2.96. The number of rotatable bonds is 2. The lowest BCUT2D eigenvalue weighted by molar-refractivity contribution is 0.0526. The molecule has 0 unspecified atom stereocenters.